The van der Waals surface area contributed by atoms with Gasteiger partial charge in [-0.15, -0.1) is 0 Å². The number of benzene rings is 1. The standard InChI is InChI=1S/C22H27N3OS/c1-17-10-11-21(26-2)20(13-17)24-22(27)25(15-18-7-4-3-5-8-18)16-19-9-6-12-23-14-19/h6-7,9-14H,3-5,8,15-16H2,1-2H3,(H,24,27). The third-order valence-corrected chi connectivity index (χ3v) is 5.12. The number of ether oxygens (including phenoxy) is 1. The highest BCUT2D eigenvalue weighted by molar-refractivity contribution is 7.80. The van der Waals surface area contributed by atoms with E-state index >= 15 is 0 Å². The van der Waals surface area contributed by atoms with Crippen LogP contribution >= 0.6 is 12.2 Å². The lowest BCUT2D eigenvalue weighted by molar-refractivity contribution is 0.415. The summed E-state index contributed by atoms with van der Waals surface area (Å²) in [5, 5.41) is 4.10. The lowest BCUT2D eigenvalue weighted by atomic mass is 9.99. The van der Waals surface area contributed by atoms with Gasteiger partial charge in [-0.05, 0) is 74.2 Å². The fourth-order valence-corrected chi connectivity index (χ4v) is 3.56. The summed E-state index contributed by atoms with van der Waals surface area (Å²) in [6.45, 7) is 3.63. The quantitative estimate of drug-likeness (QED) is 0.557. The third-order valence-electron chi connectivity index (χ3n) is 4.76. The predicted molar refractivity (Wildman–Crippen MR) is 115 cm³/mol. The summed E-state index contributed by atoms with van der Waals surface area (Å²) in [5.41, 5.74) is 4.67. The second-order valence-electron chi connectivity index (χ2n) is 6.96. The van der Waals surface area contributed by atoms with Crippen molar-refractivity contribution in [3.05, 3.63) is 65.5 Å². The van der Waals surface area contributed by atoms with Crippen LogP contribution in [0.25, 0.3) is 0 Å². The number of methoxy groups -OCH3 is 1. The molecule has 0 aliphatic heterocycles. The average molecular weight is 382 g/mol. The molecule has 27 heavy (non-hydrogen) atoms. The molecule has 0 bridgehead atoms. The molecule has 1 heterocycles. The minimum Gasteiger partial charge on any atom is -0.495 e. The number of hydrogen-bond acceptors (Lipinski definition) is 3. The fourth-order valence-electron chi connectivity index (χ4n) is 3.32. The van der Waals surface area contributed by atoms with Crippen molar-refractivity contribution in [3.8, 4) is 5.75 Å². The van der Waals surface area contributed by atoms with E-state index in [4.69, 9.17) is 17.0 Å². The van der Waals surface area contributed by atoms with Gasteiger partial charge >= 0.3 is 0 Å². The monoisotopic (exact) mass is 381 g/mol. The van der Waals surface area contributed by atoms with Crippen molar-refractivity contribution in [2.45, 2.75) is 39.2 Å². The summed E-state index contributed by atoms with van der Waals surface area (Å²) >= 11 is 5.79. The molecule has 0 saturated heterocycles. The molecular formula is C22H27N3OS. The van der Waals surface area contributed by atoms with Gasteiger partial charge in [-0.2, -0.15) is 0 Å². The van der Waals surface area contributed by atoms with E-state index in [0.29, 0.717) is 5.11 Å². The number of nitrogens with zero attached hydrogens (tertiary/aromatic N) is 2. The lowest BCUT2D eigenvalue weighted by Gasteiger charge is -2.28. The molecule has 1 aromatic heterocycles. The summed E-state index contributed by atoms with van der Waals surface area (Å²) in [6.07, 6.45) is 10.9. The van der Waals surface area contributed by atoms with E-state index < -0.39 is 0 Å². The lowest BCUT2D eigenvalue weighted by Crippen LogP contribution is -2.36. The number of anilines is 1. The number of rotatable bonds is 6. The first-order chi connectivity index (χ1) is 13.2. The van der Waals surface area contributed by atoms with Crippen molar-refractivity contribution in [3.63, 3.8) is 0 Å². The molecule has 0 unspecified atom stereocenters. The number of pyridine rings is 1. The number of aryl methyl sites for hydroxylation is 1. The highest BCUT2D eigenvalue weighted by Crippen LogP contribution is 2.26. The molecular weight excluding hydrogens is 354 g/mol. The zero-order valence-corrected chi connectivity index (χ0v) is 16.9. The van der Waals surface area contributed by atoms with E-state index in [-0.39, 0.29) is 0 Å². The molecule has 0 radical (unpaired) electrons. The molecule has 0 fully saturated rings. The highest BCUT2D eigenvalue weighted by Gasteiger charge is 2.16. The number of hydrogen-bond donors (Lipinski definition) is 1. The Morgan fingerprint density at radius 1 is 1.26 bits per heavy atom. The molecule has 142 valence electrons. The van der Waals surface area contributed by atoms with E-state index in [1.54, 1.807) is 13.3 Å². The molecule has 0 spiro atoms. The van der Waals surface area contributed by atoms with Crippen molar-refractivity contribution in [2.75, 3.05) is 19.0 Å². The van der Waals surface area contributed by atoms with Crippen LogP contribution in [0.1, 0.15) is 36.8 Å². The van der Waals surface area contributed by atoms with Gasteiger partial charge in [0.2, 0.25) is 0 Å². The fraction of sp³-hybridized carbons (Fsp3) is 0.364. The van der Waals surface area contributed by atoms with Crippen LogP contribution in [-0.2, 0) is 6.54 Å². The maximum absolute atomic E-state index is 5.79. The molecule has 1 aliphatic rings. The van der Waals surface area contributed by atoms with Crippen molar-refractivity contribution in [1.29, 1.82) is 0 Å². The van der Waals surface area contributed by atoms with Gasteiger partial charge in [0.1, 0.15) is 5.75 Å². The second-order valence-corrected chi connectivity index (χ2v) is 7.35. The smallest absolute Gasteiger partial charge is 0.174 e. The number of thiocarbonyl (C=S) groups is 1. The average Bonchev–Trinajstić information content (AvgIpc) is 2.69. The Bertz CT molecular complexity index is 804. The summed E-state index contributed by atoms with van der Waals surface area (Å²) < 4.78 is 5.49. The van der Waals surface area contributed by atoms with Crippen molar-refractivity contribution in [1.82, 2.24) is 9.88 Å². The van der Waals surface area contributed by atoms with Crippen LogP contribution in [0.5, 0.6) is 5.75 Å². The molecule has 5 heteroatoms. The van der Waals surface area contributed by atoms with Gasteiger partial charge in [0.05, 0.1) is 12.8 Å². The van der Waals surface area contributed by atoms with Crippen molar-refractivity contribution in [2.24, 2.45) is 0 Å². The topological polar surface area (TPSA) is 37.4 Å². The molecule has 3 rings (SSSR count). The Morgan fingerprint density at radius 2 is 2.15 bits per heavy atom. The van der Waals surface area contributed by atoms with Gasteiger partial charge in [-0.25, -0.2) is 0 Å². The molecule has 1 aromatic carbocycles. The molecule has 0 amide bonds. The number of aromatic nitrogens is 1. The van der Waals surface area contributed by atoms with Gasteiger partial charge < -0.3 is 15.0 Å². The summed E-state index contributed by atoms with van der Waals surface area (Å²) in [7, 11) is 1.68. The molecule has 4 nitrogen and oxygen atoms in total. The van der Waals surface area contributed by atoms with Gasteiger partial charge in [-0.1, -0.05) is 23.8 Å². The van der Waals surface area contributed by atoms with E-state index in [2.05, 4.69) is 40.3 Å². The third kappa shape index (κ3) is 5.54. The number of nitrogens with one attached hydrogen (secondary N) is 1. The first kappa shape index (κ1) is 19.4. The zero-order chi connectivity index (χ0) is 19.1. The van der Waals surface area contributed by atoms with Crippen LogP contribution in [-0.4, -0.2) is 28.7 Å². The van der Waals surface area contributed by atoms with Crippen LogP contribution < -0.4 is 10.1 Å². The van der Waals surface area contributed by atoms with Crippen LogP contribution in [0.2, 0.25) is 0 Å². The minimum absolute atomic E-state index is 0.703. The summed E-state index contributed by atoms with van der Waals surface area (Å²) in [5.74, 6) is 0.793. The van der Waals surface area contributed by atoms with Crippen molar-refractivity contribution >= 4 is 23.0 Å². The first-order valence-corrected chi connectivity index (χ1v) is 9.84. The van der Waals surface area contributed by atoms with E-state index in [1.807, 2.05) is 24.4 Å². The second kappa shape index (κ2) is 9.51. The van der Waals surface area contributed by atoms with Crippen LogP contribution in [0.4, 0.5) is 5.69 Å². The molecule has 0 atom stereocenters. The predicted octanol–water partition coefficient (Wildman–Crippen LogP) is 5.10. The van der Waals surface area contributed by atoms with Crippen LogP contribution in [0.15, 0.2) is 54.4 Å². The van der Waals surface area contributed by atoms with E-state index in [0.717, 1.165) is 42.1 Å². The maximum Gasteiger partial charge on any atom is 0.174 e. The summed E-state index contributed by atoms with van der Waals surface area (Å²) in [4.78, 5) is 6.46. The molecule has 1 aliphatic carbocycles. The van der Waals surface area contributed by atoms with E-state index in [9.17, 15) is 0 Å². The Kier molecular flexibility index (Phi) is 6.82. The summed E-state index contributed by atoms with van der Waals surface area (Å²) in [6, 6.07) is 10.1. The van der Waals surface area contributed by atoms with Gasteiger partial charge in [0.15, 0.2) is 5.11 Å². The molecule has 1 N–H and O–H groups in total. The normalized spacial score (nSPS) is 13.6. The first-order valence-electron chi connectivity index (χ1n) is 9.43. The highest BCUT2D eigenvalue weighted by atomic mass is 32.1. The Balaban J connectivity index is 1.79. The van der Waals surface area contributed by atoms with E-state index in [1.165, 1.54) is 24.8 Å². The molecule has 0 saturated carbocycles. The minimum atomic E-state index is 0.703. The van der Waals surface area contributed by atoms with Gasteiger partial charge in [-0.3, -0.25) is 4.98 Å². The molecule has 2 aromatic rings. The van der Waals surface area contributed by atoms with Crippen molar-refractivity contribution < 1.29 is 4.74 Å². The Morgan fingerprint density at radius 3 is 2.85 bits per heavy atom. The Hall–Kier alpha value is -2.40. The van der Waals surface area contributed by atoms with Crippen LogP contribution in [0.3, 0.4) is 0 Å². The maximum atomic E-state index is 5.79. The van der Waals surface area contributed by atoms with Gasteiger partial charge in [0, 0.05) is 25.5 Å². The SMILES string of the molecule is COc1ccc(C)cc1NC(=S)N(CC1=CCCCC1)Cc1cccnc1. The number of allylic oxidation sites excluding steroid dienone is 1. The zero-order valence-electron chi connectivity index (χ0n) is 16.1. The van der Waals surface area contributed by atoms with Crippen LogP contribution in [0, 0.1) is 6.92 Å². The Labute approximate surface area is 167 Å². The largest absolute Gasteiger partial charge is 0.495 e. The van der Waals surface area contributed by atoms with Gasteiger partial charge in [0.25, 0.3) is 0 Å².